The van der Waals surface area contributed by atoms with Gasteiger partial charge in [0.1, 0.15) is 5.82 Å². The molecule has 1 aliphatic heterocycles. The van der Waals surface area contributed by atoms with E-state index >= 15 is 0 Å². The van der Waals surface area contributed by atoms with Crippen LogP contribution in [-0.4, -0.2) is 42.8 Å². The third-order valence-electron chi connectivity index (χ3n) is 4.30. The molecule has 4 nitrogen and oxygen atoms in total. The van der Waals surface area contributed by atoms with Gasteiger partial charge in [-0.2, -0.15) is 0 Å². The van der Waals surface area contributed by atoms with Crippen molar-refractivity contribution in [2.24, 2.45) is 5.41 Å². The molecule has 1 N–H and O–H groups in total. The molecule has 1 heterocycles. The summed E-state index contributed by atoms with van der Waals surface area (Å²) in [4.78, 5) is 13.8. The van der Waals surface area contributed by atoms with Crippen LogP contribution in [0.2, 0.25) is 5.02 Å². The minimum atomic E-state index is -0.798. The molecule has 22 heavy (non-hydrogen) atoms. The molecule has 0 amide bonds. The Kier molecular flexibility index (Phi) is 5.78. The minimum Gasteiger partial charge on any atom is -0.481 e. The van der Waals surface area contributed by atoms with Crippen molar-refractivity contribution >= 4 is 17.6 Å². The maximum absolute atomic E-state index is 13.4. The van der Waals surface area contributed by atoms with E-state index in [9.17, 15) is 14.3 Å². The van der Waals surface area contributed by atoms with Crippen LogP contribution in [-0.2, 0) is 16.1 Å². The smallest absolute Gasteiger partial charge is 0.311 e. The summed E-state index contributed by atoms with van der Waals surface area (Å²) in [6.45, 7) is 2.09. The van der Waals surface area contributed by atoms with Crippen molar-refractivity contribution in [3.05, 3.63) is 34.6 Å². The molecule has 1 saturated heterocycles. The molecule has 1 aliphatic rings. The molecule has 0 aliphatic carbocycles. The number of aliphatic carboxylic acids is 1. The van der Waals surface area contributed by atoms with Gasteiger partial charge in [-0.05, 0) is 49.6 Å². The predicted molar refractivity (Wildman–Crippen MR) is 82.5 cm³/mol. The summed E-state index contributed by atoms with van der Waals surface area (Å²) in [5, 5.41) is 10.1. The molecule has 0 saturated carbocycles. The highest BCUT2D eigenvalue weighted by Gasteiger charge is 2.42. The number of carboxylic acid groups (broad SMARTS) is 1. The number of hydrogen-bond donors (Lipinski definition) is 1. The highest BCUT2D eigenvalue weighted by molar-refractivity contribution is 6.31. The fourth-order valence-electron chi connectivity index (χ4n) is 3.05. The quantitative estimate of drug-likeness (QED) is 0.871. The molecule has 0 unspecified atom stereocenters. The minimum absolute atomic E-state index is 0.333. The number of methoxy groups -OCH3 is 1. The monoisotopic (exact) mass is 329 g/mol. The molecular weight excluding hydrogens is 309 g/mol. The molecule has 6 heteroatoms. The van der Waals surface area contributed by atoms with E-state index in [-0.39, 0.29) is 5.82 Å². The normalized spacial score (nSPS) is 22.7. The van der Waals surface area contributed by atoms with Crippen molar-refractivity contribution in [1.29, 1.82) is 0 Å². The number of likely N-dealkylation sites (tertiary alicyclic amines) is 1. The lowest BCUT2D eigenvalue weighted by atomic mass is 9.77. The van der Waals surface area contributed by atoms with Gasteiger partial charge in [0.15, 0.2) is 0 Å². The van der Waals surface area contributed by atoms with E-state index in [2.05, 4.69) is 0 Å². The molecule has 122 valence electrons. The van der Waals surface area contributed by atoms with Gasteiger partial charge >= 0.3 is 5.97 Å². The van der Waals surface area contributed by atoms with Crippen molar-refractivity contribution in [3.8, 4) is 0 Å². The first-order valence-electron chi connectivity index (χ1n) is 7.35. The largest absolute Gasteiger partial charge is 0.481 e. The maximum Gasteiger partial charge on any atom is 0.311 e. The van der Waals surface area contributed by atoms with E-state index in [4.69, 9.17) is 16.3 Å². The zero-order chi connectivity index (χ0) is 16.2. The standard InChI is InChI=1S/C16H21ClFNO3/c1-22-8-6-16(15(20)21)5-2-7-19(11-16)10-12-9-13(18)3-4-14(12)17/h3-4,9H,2,5-8,10-11H2,1H3,(H,20,21)/t16-/m1/s1. The van der Waals surface area contributed by atoms with Crippen molar-refractivity contribution in [3.63, 3.8) is 0 Å². The van der Waals surface area contributed by atoms with Crippen molar-refractivity contribution < 1.29 is 19.0 Å². The Labute approximate surface area is 134 Å². The van der Waals surface area contributed by atoms with Gasteiger partial charge in [-0.25, -0.2) is 4.39 Å². The Bertz CT molecular complexity index is 540. The van der Waals surface area contributed by atoms with Gasteiger partial charge in [0.2, 0.25) is 0 Å². The van der Waals surface area contributed by atoms with Gasteiger partial charge < -0.3 is 9.84 Å². The number of ether oxygens (including phenoxy) is 1. The van der Waals surface area contributed by atoms with Crippen LogP contribution in [0, 0.1) is 11.2 Å². The highest BCUT2D eigenvalue weighted by atomic mass is 35.5. The van der Waals surface area contributed by atoms with Crippen LogP contribution in [0.25, 0.3) is 0 Å². The van der Waals surface area contributed by atoms with E-state index in [0.29, 0.717) is 43.1 Å². The Morgan fingerprint density at radius 3 is 3.00 bits per heavy atom. The Morgan fingerprint density at radius 1 is 1.55 bits per heavy atom. The Hall–Kier alpha value is -1.17. The van der Waals surface area contributed by atoms with Crippen LogP contribution in [0.4, 0.5) is 4.39 Å². The first-order valence-corrected chi connectivity index (χ1v) is 7.73. The zero-order valence-corrected chi connectivity index (χ0v) is 13.4. The van der Waals surface area contributed by atoms with Gasteiger partial charge in [-0.1, -0.05) is 11.6 Å². The van der Waals surface area contributed by atoms with Gasteiger partial charge in [0.05, 0.1) is 5.41 Å². The fourth-order valence-corrected chi connectivity index (χ4v) is 3.23. The zero-order valence-electron chi connectivity index (χ0n) is 12.6. The van der Waals surface area contributed by atoms with Gasteiger partial charge in [-0.3, -0.25) is 9.69 Å². The number of piperidine rings is 1. The number of carbonyl (C=O) groups is 1. The third kappa shape index (κ3) is 3.97. The SMILES string of the molecule is COCC[C@]1(C(=O)O)CCCN(Cc2cc(F)ccc2Cl)C1. The van der Waals surface area contributed by atoms with Crippen LogP contribution in [0.1, 0.15) is 24.8 Å². The molecule has 2 rings (SSSR count). The summed E-state index contributed by atoms with van der Waals surface area (Å²) in [7, 11) is 1.57. The first kappa shape index (κ1) is 17.2. The molecule has 0 spiro atoms. The van der Waals surface area contributed by atoms with Gasteiger partial charge in [0.25, 0.3) is 0 Å². The summed E-state index contributed by atoms with van der Waals surface area (Å²) >= 11 is 6.10. The summed E-state index contributed by atoms with van der Waals surface area (Å²) in [5.41, 5.74) is -0.108. The van der Waals surface area contributed by atoms with E-state index in [1.165, 1.54) is 18.2 Å². The number of carboxylic acids is 1. The molecule has 0 radical (unpaired) electrons. The summed E-state index contributed by atoms with van der Waals surface area (Å²) in [6.07, 6.45) is 1.91. The average Bonchev–Trinajstić information content (AvgIpc) is 2.49. The topological polar surface area (TPSA) is 49.8 Å². The van der Waals surface area contributed by atoms with Crippen LogP contribution in [0.15, 0.2) is 18.2 Å². The number of hydrogen-bond acceptors (Lipinski definition) is 3. The first-order chi connectivity index (χ1) is 10.5. The van der Waals surface area contributed by atoms with E-state index in [0.717, 1.165) is 13.0 Å². The maximum atomic E-state index is 13.4. The molecule has 1 aromatic rings. The number of rotatable bonds is 6. The third-order valence-corrected chi connectivity index (χ3v) is 4.66. The Balaban J connectivity index is 2.12. The number of nitrogens with zero attached hydrogens (tertiary/aromatic N) is 1. The fraction of sp³-hybridized carbons (Fsp3) is 0.562. The second-order valence-electron chi connectivity index (χ2n) is 5.88. The number of halogens is 2. The van der Waals surface area contributed by atoms with Crippen molar-refractivity contribution in [1.82, 2.24) is 4.90 Å². The second kappa shape index (κ2) is 7.40. The molecule has 1 atom stereocenters. The molecule has 0 bridgehead atoms. The second-order valence-corrected chi connectivity index (χ2v) is 6.29. The molecule has 1 fully saturated rings. The molecule has 1 aromatic carbocycles. The lowest BCUT2D eigenvalue weighted by Crippen LogP contribution is -2.48. The lowest BCUT2D eigenvalue weighted by molar-refractivity contribution is -0.154. The van der Waals surface area contributed by atoms with Crippen LogP contribution < -0.4 is 0 Å². The van der Waals surface area contributed by atoms with Crippen LogP contribution in [0.3, 0.4) is 0 Å². The lowest BCUT2D eigenvalue weighted by Gasteiger charge is -2.40. The van der Waals surface area contributed by atoms with Crippen LogP contribution >= 0.6 is 11.6 Å². The summed E-state index contributed by atoms with van der Waals surface area (Å²) in [6, 6.07) is 4.27. The van der Waals surface area contributed by atoms with Gasteiger partial charge in [0, 0.05) is 31.8 Å². The van der Waals surface area contributed by atoms with E-state index in [1.54, 1.807) is 7.11 Å². The van der Waals surface area contributed by atoms with Crippen molar-refractivity contribution in [2.75, 3.05) is 26.8 Å². The summed E-state index contributed by atoms with van der Waals surface area (Å²) < 4.78 is 18.4. The summed E-state index contributed by atoms with van der Waals surface area (Å²) in [5.74, 6) is -1.13. The van der Waals surface area contributed by atoms with E-state index in [1.807, 2.05) is 4.90 Å². The van der Waals surface area contributed by atoms with Gasteiger partial charge in [-0.15, -0.1) is 0 Å². The average molecular weight is 330 g/mol. The van der Waals surface area contributed by atoms with E-state index < -0.39 is 11.4 Å². The predicted octanol–water partition coefficient (Wildman–Crippen LogP) is 3.18. The van der Waals surface area contributed by atoms with Crippen molar-refractivity contribution in [2.45, 2.75) is 25.8 Å². The van der Waals surface area contributed by atoms with Crippen LogP contribution in [0.5, 0.6) is 0 Å². The molecule has 0 aromatic heterocycles. The number of benzene rings is 1. The molecular formula is C16H21ClFNO3. The highest BCUT2D eigenvalue weighted by Crippen LogP contribution is 2.35. The Morgan fingerprint density at radius 2 is 2.32 bits per heavy atom.